The van der Waals surface area contributed by atoms with Gasteiger partial charge in [0.15, 0.2) is 0 Å². The lowest BCUT2D eigenvalue weighted by atomic mass is 10.2. The van der Waals surface area contributed by atoms with Crippen LogP contribution in [0.1, 0.15) is 5.56 Å². The lowest BCUT2D eigenvalue weighted by Crippen LogP contribution is -1.94. The highest BCUT2D eigenvalue weighted by Crippen LogP contribution is 2.32. The molecule has 0 N–H and O–H groups in total. The van der Waals surface area contributed by atoms with Gasteiger partial charge >= 0.3 is 5.69 Å². The molecule has 0 saturated heterocycles. The summed E-state index contributed by atoms with van der Waals surface area (Å²) in [5, 5.41) is 11.5. The number of nitrogens with zero attached hydrogens (tertiary/aromatic N) is 1. The summed E-state index contributed by atoms with van der Waals surface area (Å²) in [6.07, 6.45) is 0. The Morgan fingerprint density at radius 3 is 2.47 bits per heavy atom. The van der Waals surface area contributed by atoms with Gasteiger partial charge in [-0.3, -0.25) is 10.1 Å². The zero-order valence-corrected chi connectivity index (χ0v) is 11.3. The number of rotatable bonds is 4. The van der Waals surface area contributed by atoms with E-state index in [9.17, 15) is 14.5 Å². The Balaban J connectivity index is 2.33. The predicted octanol–water partition coefficient (Wildman–Crippen LogP) is 4.42. The third kappa shape index (κ3) is 3.29. The first-order valence-electron chi connectivity index (χ1n) is 5.37. The number of nitro benzene ring substituents is 1. The van der Waals surface area contributed by atoms with E-state index in [0.29, 0.717) is 11.1 Å². The van der Waals surface area contributed by atoms with Crippen molar-refractivity contribution in [2.75, 3.05) is 0 Å². The number of alkyl halides is 1. The largest absolute Gasteiger partial charge is 0.450 e. The van der Waals surface area contributed by atoms with Crippen LogP contribution in [0, 0.1) is 15.9 Å². The van der Waals surface area contributed by atoms with Crippen molar-refractivity contribution in [2.24, 2.45) is 0 Å². The van der Waals surface area contributed by atoms with Crippen molar-refractivity contribution in [1.29, 1.82) is 0 Å². The Morgan fingerprint density at radius 2 is 1.89 bits per heavy atom. The van der Waals surface area contributed by atoms with E-state index in [4.69, 9.17) is 4.74 Å². The lowest BCUT2D eigenvalue weighted by molar-refractivity contribution is -0.385. The molecule has 0 atom stereocenters. The standard InChI is InChI=1S/C13H9BrFNO3/c14-8-9-1-6-13(12(7-9)16(17)18)19-11-4-2-10(15)3-5-11/h1-7H,8H2. The van der Waals surface area contributed by atoms with E-state index < -0.39 is 10.7 Å². The molecule has 19 heavy (non-hydrogen) atoms. The molecule has 0 aliphatic heterocycles. The number of nitro groups is 1. The highest BCUT2D eigenvalue weighted by atomic mass is 79.9. The Kier molecular flexibility index (Phi) is 4.11. The summed E-state index contributed by atoms with van der Waals surface area (Å²) in [6.45, 7) is 0. The van der Waals surface area contributed by atoms with Gasteiger partial charge in [-0.15, -0.1) is 0 Å². The van der Waals surface area contributed by atoms with E-state index in [2.05, 4.69) is 15.9 Å². The molecular formula is C13H9BrFNO3. The van der Waals surface area contributed by atoms with Crippen molar-refractivity contribution in [1.82, 2.24) is 0 Å². The molecular weight excluding hydrogens is 317 g/mol. The van der Waals surface area contributed by atoms with Gasteiger partial charge < -0.3 is 4.74 Å². The number of hydrogen-bond acceptors (Lipinski definition) is 3. The average Bonchev–Trinajstić information content (AvgIpc) is 2.41. The first-order chi connectivity index (χ1) is 9.10. The molecule has 6 heteroatoms. The molecule has 0 spiro atoms. The van der Waals surface area contributed by atoms with Crippen molar-refractivity contribution in [3.05, 3.63) is 64.0 Å². The molecule has 0 bridgehead atoms. The van der Waals surface area contributed by atoms with E-state index in [0.717, 1.165) is 5.56 Å². The molecule has 2 aromatic rings. The minimum absolute atomic E-state index is 0.124. The van der Waals surface area contributed by atoms with Gasteiger partial charge in [0.1, 0.15) is 11.6 Å². The van der Waals surface area contributed by atoms with Crippen LogP contribution < -0.4 is 4.74 Å². The van der Waals surface area contributed by atoms with E-state index >= 15 is 0 Å². The molecule has 98 valence electrons. The van der Waals surface area contributed by atoms with Crippen LogP contribution in [0.2, 0.25) is 0 Å². The van der Waals surface area contributed by atoms with E-state index in [-0.39, 0.29) is 11.4 Å². The van der Waals surface area contributed by atoms with E-state index in [1.54, 1.807) is 6.07 Å². The van der Waals surface area contributed by atoms with E-state index in [1.807, 2.05) is 0 Å². The van der Waals surface area contributed by atoms with Crippen molar-refractivity contribution in [3.8, 4) is 11.5 Å². The molecule has 2 aromatic carbocycles. The van der Waals surface area contributed by atoms with Crippen LogP contribution in [0.25, 0.3) is 0 Å². The quantitative estimate of drug-likeness (QED) is 0.475. The smallest absolute Gasteiger partial charge is 0.311 e. The second-order valence-electron chi connectivity index (χ2n) is 3.75. The van der Waals surface area contributed by atoms with Gasteiger partial charge in [-0.1, -0.05) is 22.0 Å². The van der Waals surface area contributed by atoms with Crippen LogP contribution in [0.4, 0.5) is 10.1 Å². The van der Waals surface area contributed by atoms with Crippen LogP contribution >= 0.6 is 15.9 Å². The van der Waals surface area contributed by atoms with Crippen LogP contribution in [0.15, 0.2) is 42.5 Å². The van der Waals surface area contributed by atoms with Gasteiger partial charge in [0.05, 0.1) is 4.92 Å². The van der Waals surface area contributed by atoms with E-state index in [1.165, 1.54) is 36.4 Å². The highest BCUT2D eigenvalue weighted by molar-refractivity contribution is 9.08. The number of benzene rings is 2. The number of halogens is 2. The fraction of sp³-hybridized carbons (Fsp3) is 0.0769. The molecule has 0 heterocycles. The lowest BCUT2D eigenvalue weighted by Gasteiger charge is -2.07. The monoisotopic (exact) mass is 325 g/mol. The highest BCUT2D eigenvalue weighted by Gasteiger charge is 2.16. The van der Waals surface area contributed by atoms with Gasteiger partial charge in [0.2, 0.25) is 5.75 Å². The molecule has 4 nitrogen and oxygen atoms in total. The summed E-state index contributed by atoms with van der Waals surface area (Å²) in [7, 11) is 0. The molecule has 0 aliphatic carbocycles. The summed E-state index contributed by atoms with van der Waals surface area (Å²) in [5.74, 6) is 0.0777. The fourth-order valence-corrected chi connectivity index (χ4v) is 1.85. The average molecular weight is 326 g/mol. The van der Waals surface area contributed by atoms with Crippen LogP contribution in [0.5, 0.6) is 11.5 Å². The van der Waals surface area contributed by atoms with Gasteiger partial charge in [-0.05, 0) is 35.9 Å². The van der Waals surface area contributed by atoms with Crippen LogP contribution in [0.3, 0.4) is 0 Å². The zero-order valence-electron chi connectivity index (χ0n) is 9.68. The minimum atomic E-state index is -0.509. The van der Waals surface area contributed by atoms with Gasteiger partial charge in [-0.2, -0.15) is 0 Å². The van der Waals surface area contributed by atoms with Gasteiger partial charge in [-0.25, -0.2) is 4.39 Å². The Hall–Kier alpha value is -1.95. The maximum Gasteiger partial charge on any atom is 0.311 e. The minimum Gasteiger partial charge on any atom is -0.450 e. The molecule has 2 rings (SSSR count). The summed E-state index contributed by atoms with van der Waals surface area (Å²) in [4.78, 5) is 10.5. The molecule has 0 radical (unpaired) electrons. The SMILES string of the molecule is O=[N+]([O-])c1cc(CBr)ccc1Oc1ccc(F)cc1. The second kappa shape index (κ2) is 5.79. The third-order valence-electron chi connectivity index (χ3n) is 2.42. The Labute approximate surface area is 117 Å². The number of hydrogen-bond donors (Lipinski definition) is 0. The Bertz CT molecular complexity index is 601. The summed E-state index contributed by atoms with van der Waals surface area (Å²) in [6, 6.07) is 9.98. The zero-order chi connectivity index (χ0) is 13.8. The van der Waals surface area contributed by atoms with Crippen molar-refractivity contribution in [2.45, 2.75) is 5.33 Å². The molecule has 0 unspecified atom stereocenters. The van der Waals surface area contributed by atoms with Crippen molar-refractivity contribution >= 4 is 21.6 Å². The number of ether oxygens (including phenoxy) is 1. The summed E-state index contributed by atoms with van der Waals surface area (Å²) >= 11 is 3.24. The third-order valence-corrected chi connectivity index (χ3v) is 3.06. The van der Waals surface area contributed by atoms with Crippen molar-refractivity contribution < 1.29 is 14.1 Å². The molecule has 0 fully saturated rings. The molecule has 0 aliphatic rings. The van der Waals surface area contributed by atoms with Crippen LogP contribution in [-0.2, 0) is 5.33 Å². The maximum atomic E-state index is 12.8. The second-order valence-corrected chi connectivity index (χ2v) is 4.31. The predicted molar refractivity (Wildman–Crippen MR) is 72.2 cm³/mol. The van der Waals surface area contributed by atoms with Crippen LogP contribution in [-0.4, -0.2) is 4.92 Å². The van der Waals surface area contributed by atoms with Gasteiger partial charge in [0, 0.05) is 11.4 Å². The maximum absolute atomic E-state index is 12.8. The molecule has 0 saturated carbocycles. The normalized spacial score (nSPS) is 10.2. The molecule has 0 amide bonds. The first kappa shape index (κ1) is 13.5. The topological polar surface area (TPSA) is 52.4 Å². The molecule has 0 aromatic heterocycles. The van der Waals surface area contributed by atoms with Gasteiger partial charge in [0.25, 0.3) is 0 Å². The summed E-state index contributed by atoms with van der Waals surface area (Å²) < 4.78 is 18.2. The first-order valence-corrected chi connectivity index (χ1v) is 6.49. The Morgan fingerprint density at radius 1 is 1.21 bits per heavy atom. The summed E-state index contributed by atoms with van der Waals surface area (Å²) in [5.41, 5.74) is 0.652. The fourth-order valence-electron chi connectivity index (χ4n) is 1.50. The van der Waals surface area contributed by atoms with Crippen molar-refractivity contribution in [3.63, 3.8) is 0 Å².